The van der Waals surface area contributed by atoms with Gasteiger partial charge in [-0.25, -0.2) is 4.79 Å². The van der Waals surface area contributed by atoms with Gasteiger partial charge in [-0.15, -0.1) is 0 Å². The van der Waals surface area contributed by atoms with E-state index < -0.39 is 23.9 Å². The van der Waals surface area contributed by atoms with Crippen molar-refractivity contribution in [2.24, 2.45) is 0 Å². The number of benzene rings is 2. The summed E-state index contributed by atoms with van der Waals surface area (Å²) in [7, 11) is 1.85. The fourth-order valence-corrected chi connectivity index (χ4v) is 2.12. The summed E-state index contributed by atoms with van der Waals surface area (Å²) in [5.74, 6) is -2.33. The zero-order chi connectivity index (χ0) is 22.1. The number of rotatable bonds is 6. The van der Waals surface area contributed by atoms with E-state index in [1.54, 1.807) is 0 Å². The first kappa shape index (κ1) is 24.3. The van der Waals surface area contributed by atoms with E-state index in [4.69, 9.17) is 14.6 Å². The molecule has 0 heterocycles. The third-order valence-corrected chi connectivity index (χ3v) is 3.53. The van der Waals surface area contributed by atoms with Crippen LogP contribution >= 0.6 is 0 Å². The SMILES string of the molecule is CNCCC(Oc1ccc(C(F)(F)F)cc1)c1ccccc1.O=C(O)C(F)(F)F. The number of hydrogen-bond donors (Lipinski definition) is 2. The highest BCUT2D eigenvalue weighted by Gasteiger charge is 2.38. The van der Waals surface area contributed by atoms with Crippen molar-refractivity contribution in [3.8, 4) is 5.75 Å². The molecule has 0 aliphatic carbocycles. The Bertz CT molecular complexity index is 745. The molecule has 2 N–H and O–H groups in total. The maximum absolute atomic E-state index is 12.6. The van der Waals surface area contributed by atoms with Crippen LogP contribution in [0.2, 0.25) is 0 Å². The Morgan fingerprint density at radius 1 is 1.00 bits per heavy atom. The highest BCUT2D eigenvalue weighted by Crippen LogP contribution is 2.31. The van der Waals surface area contributed by atoms with Crippen molar-refractivity contribution in [2.45, 2.75) is 24.9 Å². The largest absolute Gasteiger partial charge is 0.490 e. The van der Waals surface area contributed by atoms with E-state index in [1.165, 1.54) is 12.1 Å². The molecule has 2 rings (SSSR count). The smallest absolute Gasteiger partial charge is 0.486 e. The summed E-state index contributed by atoms with van der Waals surface area (Å²) in [4.78, 5) is 8.90. The molecule has 1 unspecified atom stereocenters. The molecule has 0 saturated heterocycles. The molecular formula is C19H19F6NO3. The standard InChI is InChI=1S/C17H18F3NO.C2HF3O2/c1-21-12-11-16(13-5-3-2-4-6-13)22-15-9-7-14(8-10-15)17(18,19)20;3-2(4,5)1(6)7/h2-10,16,21H,11-12H2,1H3;(H,6,7). The number of carboxylic acid groups (broad SMARTS) is 1. The molecule has 0 fully saturated rings. The van der Waals surface area contributed by atoms with E-state index in [2.05, 4.69) is 5.32 Å². The van der Waals surface area contributed by atoms with Crippen LogP contribution in [-0.4, -0.2) is 30.8 Å². The zero-order valence-electron chi connectivity index (χ0n) is 15.2. The van der Waals surface area contributed by atoms with Crippen LogP contribution in [0.5, 0.6) is 5.75 Å². The van der Waals surface area contributed by atoms with Crippen LogP contribution in [0.1, 0.15) is 23.7 Å². The van der Waals surface area contributed by atoms with Crippen molar-refractivity contribution < 1.29 is 41.0 Å². The van der Waals surface area contributed by atoms with E-state index in [0.29, 0.717) is 5.75 Å². The number of carbonyl (C=O) groups is 1. The minimum atomic E-state index is -5.08. The van der Waals surface area contributed by atoms with E-state index in [-0.39, 0.29) is 6.10 Å². The van der Waals surface area contributed by atoms with Gasteiger partial charge in [-0.3, -0.25) is 0 Å². The number of halogens is 6. The normalized spacial score (nSPS) is 12.5. The number of nitrogens with one attached hydrogen (secondary N) is 1. The van der Waals surface area contributed by atoms with E-state index in [0.717, 1.165) is 30.7 Å². The molecule has 0 aliphatic heterocycles. The van der Waals surface area contributed by atoms with Gasteiger partial charge in [0.1, 0.15) is 11.9 Å². The fourth-order valence-electron chi connectivity index (χ4n) is 2.12. The highest BCUT2D eigenvalue weighted by atomic mass is 19.4. The molecule has 10 heteroatoms. The van der Waals surface area contributed by atoms with Crippen LogP contribution in [0.25, 0.3) is 0 Å². The van der Waals surface area contributed by atoms with Gasteiger partial charge < -0.3 is 15.2 Å². The number of alkyl halides is 6. The van der Waals surface area contributed by atoms with Crippen molar-refractivity contribution in [1.29, 1.82) is 0 Å². The van der Waals surface area contributed by atoms with Crippen molar-refractivity contribution in [2.75, 3.05) is 13.6 Å². The Morgan fingerprint density at radius 3 is 1.93 bits per heavy atom. The van der Waals surface area contributed by atoms with Gasteiger partial charge in [-0.05, 0) is 43.4 Å². The summed E-state index contributed by atoms with van der Waals surface area (Å²) in [6, 6.07) is 14.4. The highest BCUT2D eigenvalue weighted by molar-refractivity contribution is 5.73. The quantitative estimate of drug-likeness (QED) is 0.637. The average Bonchev–Trinajstić information content (AvgIpc) is 2.65. The monoisotopic (exact) mass is 423 g/mol. The minimum Gasteiger partial charge on any atom is -0.486 e. The van der Waals surface area contributed by atoms with E-state index >= 15 is 0 Å². The maximum Gasteiger partial charge on any atom is 0.490 e. The Labute approximate surface area is 163 Å². The van der Waals surface area contributed by atoms with Crippen LogP contribution in [0.15, 0.2) is 54.6 Å². The summed E-state index contributed by atoms with van der Waals surface area (Å²) >= 11 is 0. The third kappa shape index (κ3) is 8.86. The molecule has 0 aliphatic rings. The fraction of sp³-hybridized carbons (Fsp3) is 0.316. The van der Waals surface area contributed by atoms with Crippen molar-refractivity contribution in [3.63, 3.8) is 0 Å². The van der Waals surface area contributed by atoms with Gasteiger partial charge in [-0.2, -0.15) is 26.3 Å². The molecule has 0 spiro atoms. The summed E-state index contributed by atoms with van der Waals surface area (Å²) in [6.45, 7) is 0.750. The van der Waals surface area contributed by atoms with Gasteiger partial charge >= 0.3 is 18.3 Å². The predicted octanol–water partition coefficient (Wildman–Crippen LogP) is 5.07. The number of hydrogen-bond acceptors (Lipinski definition) is 3. The molecule has 4 nitrogen and oxygen atoms in total. The number of carboxylic acids is 1. The summed E-state index contributed by atoms with van der Waals surface area (Å²) < 4.78 is 75.3. The minimum absolute atomic E-state index is 0.203. The number of ether oxygens (including phenoxy) is 1. The molecule has 0 aromatic heterocycles. The van der Waals surface area contributed by atoms with Gasteiger partial charge in [0.2, 0.25) is 0 Å². The maximum atomic E-state index is 12.6. The molecule has 160 valence electrons. The predicted molar refractivity (Wildman–Crippen MR) is 93.5 cm³/mol. The molecule has 0 bridgehead atoms. The average molecular weight is 423 g/mol. The molecular weight excluding hydrogens is 404 g/mol. The lowest BCUT2D eigenvalue weighted by Gasteiger charge is -2.20. The lowest BCUT2D eigenvalue weighted by Crippen LogP contribution is -2.21. The summed E-state index contributed by atoms with van der Waals surface area (Å²) in [5, 5.41) is 10.2. The summed E-state index contributed by atoms with van der Waals surface area (Å²) in [5.41, 5.74) is 0.323. The van der Waals surface area contributed by atoms with Crippen molar-refractivity contribution in [1.82, 2.24) is 5.32 Å². The first-order valence-corrected chi connectivity index (χ1v) is 8.28. The Morgan fingerprint density at radius 2 is 1.52 bits per heavy atom. The lowest BCUT2D eigenvalue weighted by atomic mass is 10.1. The molecule has 0 amide bonds. The Hall–Kier alpha value is -2.75. The van der Waals surface area contributed by atoms with Gasteiger partial charge in [0, 0.05) is 6.42 Å². The second kappa shape index (κ2) is 10.7. The molecule has 29 heavy (non-hydrogen) atoms. The van der Waals surface area contributed by atoms with Crippen LogP contribution in [-0.2, 0) is 11.0 Å². The first-order chi connectivity index (χ1) is 13.4. The molecule has 2 aromatic rings. The summed E-state index contributed by atoms with van der Waals surface area (Å²) in [6.07, 6.45) is -8.89. The van der Waals surface area contributed by atoms with Gasteiger partial charge in [0.25, 0.3) is 0 Å². The topological polar surface area (TPSA) is 58.6 Å². The van der Waals surface area contributed by atoms with Crippen LogP contribution in [0.4, 0.5) is 26.3 Å². The second-order valence-electron chi connectivity index (χ2n) is 5.73. The Kier molecular flexibility index (Phi) is 8.96. The molecule has 2 aromatic carbocycles. The van der Waals surface area contributed by atoms with Crippen LogP contribution in [0, 0.1) is 0 Å². The number of aliphatic carboxylic acids is 1. The van der Waals surface area contributed by atoms with Gasteiger partial charge in [0.05, 0.1) is 5.56 Å². The van der Waals surface area contributed by atoms with Crippen molar-refractivity contribution in [3.05, 3.63) is 65.7 Å². The van der Waals surface area contributed by atoms with Gasteiger partial charge in [0.15, 0.2) is 0 Å². The van der Waals surface area contributed by atoms with E-state index in [1.807, 2.05) is 37.4 Å². The van der Waals surface area contributed by atoms with E-state index in [9.17, 15) is 26.3 Å². The van der Waals surface area contributed by atoms with Crippen LogP contribution < -0.4 is 10.1 Å². The second-order valence-corrected chi connectivity index (χ2v) is 5.73. The zero-order valence-corrected chi connectivity index (χ0v) is 15.2. The van der Waals surface area contributed by atoms with Crippen molar-refractivity contribution >= 4 is 5.97 Å². The third-order valence-electron chi connectivity index (χ3n) is 3.53. The van der Waals surface area contributed by atoms with Gasteiger partial charge in [-0.1, -0.05) is 30.3 Å². The molecule has 0 radical (unpaired) electrons. The molecule has 0 saturated carbocycles. The first-order valence-electron chi connectivity index (χ1n) is 8.28. The molecule has 1 atom stereocenters. The van der Waals surface area contributed by atoms with Crippen LogP contribution in [0.3, 0.4) is 0 Å². The lowest BCUT2D eigenvalue weighted by molar-refractivity contribution is -0.192. The Balaban J connectivity index is 0.000000516.